The third-order valence-electron chi connectivity index (χ3n) is 5.09. The number of aromatic nitrogens is 2. The highest BCUT2D eigenvalue weighted by Gasteiger charge is 2.22. The van der Waals surface area contributed by atoms with E-state index < -0.39 is 26.0 Å². The van der Waals surface area contributed by atoms with Crippen LogP contribution in [0.15, 0.2) is 64.4 Å². The van der Waals surface area contributed by atoms with Gasteiger partial charge in [-0.05, 0) is 68.4 Å². The van der Waals surface area contributed by atoms with Gasteiger partial charge in [0.1, 0.15) is 0 Å². The van der Waals surface area contributed by atoms with Crippen molar-refractivity contribution in [1.29, 1.82) is 0 Å². The van der Waals surface area contributed by atoms with Crippen LogP contribution >= 0.6 is 0 Å². The van der Waals surface area contributed by atoms with E-state index in [1.165, 1.54) is 52.8 Å². The van der Waals surface area contributed by atoms with Gasteiger partial charge in [0.15, 0.2) is 0 Å². The van der Waals surface area contributed by atoms with Gasteiger partial charge in [0, 0.05) is 35.7 Å². The standard InChI is InChI=1S/C23H27N5O5S2/c1-5-28(6-2)35(32,33)21-11-7-18(8-12-21)22(29)26-19-9-13-20(14-10-19)34(30,31)27-23-24-16(3)15-17(4)25-23/h7-15H,5-6H2,1-4H3,(H,26,29)(H,24,25,27). The number of benzene rings is 2. The Kier molecular flexibility index (Phi) is 7.88. The van der Waals surface area contributed by atoms with Crippen LogP contribution in [0.3, 0.4) is 0 Å². The quantitative estimate of drug-likeness (QED) is 0.444. The number of hydrogen-bond acceptors (Lipinski definition) is 7. The molecule has 1 amide bonds. The molecule has 35 heavy (non-hydrogen) atoms. The number of sulfonamides is 2. The Morgan fingerprint density at radius 1 is 0.829 bits per heavy atom. The van der Waals surface area contributed by atoms with E-state index in [0.29, 0.717) is 30.2 Å². The van der Waals surface area contributed by atoms with Crippen LogP contribution in [0, 0.1) is 13.8 Å². The predicted octanol–water partition coefficient (Wildman–Crippen LogP) is 3.18. The first-order chi connectivity index (χ1) is 16.5. The summed E-state index contributed by atoms with van der Waals surface area (Å²) in [5.74, 6) is -0.486. The summed E-state index contributed by atoms with van der Waals surface area (Å²) >= 11 is 0. The van der Waals surface area contributed by atoms with Crippen LogP contribution in [-0.4, -0.2) is 50.1 Å². The van der Waals surface area contributed by atoms with Crippen LogP contribution in [-0.2, 0) is 20.0 Å². The van der Waals surface area contributed by atoms with E-state index in [4.69, 9.17) is 0 Å². The molecule has 10 nitrogen and oxygen atoms in total. The van der Waals surface area contributed by atoms with E-state index >= 15 is 0 Å². The normalized spacial score (nSPS) is 11.9. The number of carbonyl (C=O) groups excluding carboxylic acids is 1. The lowest BCUT2D eigenvalue weighted by atomic mass is 10.2. The summed E-state index contributed by atoms with van der Waals surface area (Å²) in [6.07, 6.45) is 0. The van der Waals surface area contributed by atoms with Crippen molar-refractivity contribution in [3.05, 3.63) is 71.5 Å². The molecule has 3 aromatic rings. The maximum absolute atomic E-state index is 12.7. The van der Waals surface area contributed by atoms with E-state index in [-0.39, 0.29) is 21.3 Å². The Morgan fingerprint density at radius 2 is 1.34 bits per heavy atom. The van der Waals surface area contributed by atoms with Gasteiger partial charge in [0.25, 0.3) is 15.9 Å². The number of amides is 1. The summed E-state index contributed by atoms with van der Waals surface area (Å²) in [4.78, 5) is 20.8. The highest BCUT2D eigenvalue weighted by atomic mass is 32.2. The predicted molar refractivity (Wildman–Crippen MR) is 133 cm³/mol. The van der Waals surface area contributed by atoms with Gasteiger partial charge in [0.2, 0.25) is 16.0 Å². The summed E-state index contributed by atoms with van der Waals surface area (Å²) in [6.45, 7) is 7.68. The summed E-state index contributed by atoms with van der Waals surface area (Å²) < 4.78 is 54.2. The van der Waals surface area contributed by atoms with Crippen molar-refractivity contribution >= 4 is 37.6 Å². The maximum Gasteiger partial charge on any atom is 0.264 e. The van der Waals surface area contributed by atoms with Gasteiger partial charge in [0.05, 0.1) is 9.79 Å². The van der Waals surface area contributed by atoms with Crippen LogP contribution in [0.25, 0.3) is 0 Å². The third kappa shape index (κ3) is 6.21. The van der Waals surface area contributed by atoms with Crippen LogP contribution < -0.4 is 10.0 Å². The Bertz CT molecular complexity index is 1400. The fourth-order valence-electron chi connectivity index (χ4n) is 3.36. The molecule has 0 aliphatic heterocycles. The van der Waals surface area contributed by atoms with Crippen LogP contribution in [0.1, 0.15) is 35.6 Å². The van der Waals surface area contributed by atoms with Gasteiger partial charge in [-0.2, -0.15) is 4.31 Å². The molecule has 2 aromatic carbocycles. The zero-order chi connectivity index (χ0) is 25.8. The van der Waals surface area contributed by atoms with E-state index in [1.807, 2.05) is 0 Å². The molecule has 0 radical (unpaired) electrons. The zero-order valence-corrected chi connectivity index (χ0v) is 21.4. The fraction of sp³-hybridized carbons (Fsp3) is 0.261. The first-order valence-electron chi connectivity index (χ1n) is 10.8. The van der Waals surface area contributed by atoms with Crippen molar-refractivity contribution in [2.24, 2.45) is 0 Å². The molecule has 0 fully saturated rings. The Hall–Kier alpha value is -3.35. The molecular formula is C23H27N5O5S2. The second kappa shape index (κ2) is 10.5. The average Bonchev–Trinajstić information content (AvgIpc) is 2.79. The minimum atomic E-state index is -3.92. The number of carbonyl (C=O) groups is 1. The maximum atomic E-state index is 12.7. The zero-order valence-electron chi connectivity index (χ0n) is 19.8. The van der Waals surface area contributed by atoms with Crippen LogP contribution in [0.4, 0.5) is 11.6 Å². The molecule has 12 heteroatoms. The smallest absolute Gasteiger partial charge is 0.264 e. The summed E-state index contributed by atoms with van der Waals surface area (Å²) in [5.41, 5.74) is 1.89. The fourth-order valence-corrected chi connectivity index (χ4v) is 5.76. The molecule has 0 unspecified atom stereocenters. The summed E-state index contributed by atoms with van der Waals surface area (Å²) in [6, 6.07) is 13.0. The van der Waals surface area contributed by atoms with Gasteiger partial charge in [-0.15, -0.1) is 0 Å². The third-order valence-corrected chi connectivity index (χ3v) is 8.50. The lowest BCUT2D eigenvalue weighted by molar-refractivity contribution is 0.102. The van der Waals surface area contributed by atoms with E-state index in [2.05, 4.69) is 20.0 Å². The number of hydrogen-bond donors (Lipinski definition) is 2. The SMILES string of the molecule is CCN(CC)S(=O)(=O)c1ccc(C(=O)Nc2ccc(S(=O)(=O)Nc3nc(C)cc(C)n3)cc2)cc1. The Balaban J connectivity index is 1.71. The molecule has 0 spiro atoms. The van der Waals surface area contributed by atoms with Crippen LogP contribution in [0.2, 0.25) is 0 Å². The lowest BCUT2D eigenvalue weighted by Crippen LogP contribution is -2.30. The summed E-state index contributed by atoms with van der Waals surface area (Å²) in [5, 5.41) is 2.67. The number of anilines is 2. The minimum absolute atomic E-state index is 0.0219. The summed E-state index contributed by atoms with van der Waals surface area (Å²) in [7, 11) is -7.54. The van der Waals surface area contributed by atoms with E-state index in [1.54, 1.807) is 33.8 Å². The molecule has 0 saturated heterocycles. The molecule has 1 heterocycles. The van der Waals surface area contributed by atoms with E-state index in [9.17, 15) is 21.6 Å². The molecule has 0 bridgehead atoms. The Morgan fingerprint density at radius 3 is 1.86 bits per heavy atom. The molecule has 0 atom stereocenters. The van der Waals surface area contributed by atoms with Gasteiger partial charge in [-0.1, -0.05) is 13.8 Å². The van der Waals surface area contributed by atoms with Gasteiger partial charge >= 0.3 is 0 Å². The monoisotopic (exact) mass is 517 g/mol. The second-order valence-electron chi connectivity index (χ2n) is 7.67. The molecule has 1 aromatic heterocycles. The highest BCUT2D eigenvalue weighted by molar-refractivity contribution is 7.92. The van der Waals surface area contributed by atoms with Crippen molar-refractivity contribution in [3.63, 3.8) is 0 Å². The molecule has 186 valence electrons. The molecular weight excluding hydrogens is 490 g/mol. The van der Waals surface area contributed by atoms with Crippen LogP contribution in [0.5, 0.6) is 0 Å². The van der Waals surface area contributed by atoms with Crippen molar-refractivity contribution in [1.82, 2.24) is 14.3 Å². The number of aryl methyl sites for hydroxylation is 2. The number of rotatable bonds is 9. The minimum Gasteiger partial charge on any atom is -0.322 e. The first kappa shape index (κ1) is 26.3. The molecule has 2 N–H and O–H groups in total. The van der Waals surface area contributed by atoms with Gasteiger partial charge < -0.3 is 5.32 Å². The van der Waals surface area contributed by atoms with Crippen molar-refractivity contribution in [3.8, 4) is 0 Å². The molecule has 0 aliphatic carbocycles. The van der Waals surface area contributed by atoms with Crippen molar-refractivity contribution in [2.75, 3.05) is 23.1 Å². The Labute approximate surface area is 205 Å². The van der Waals surface area contributed by atoms with Crippen molar-refractivity contribution < 1.29 is 21.6 Å². The average molecular weight is 518 g/mol. The largest absolute Gasteiger partial charge is 0.322 e. The number of nitrogens with zero attached hydrogens (tertiary/aromatic N) is 3. The second-order valence-corrected chi connectivity index (χ2v) is 11.3. The molecule has 0 saturated carbocycles. The number of nitrogens with one attached hydrogen (secondary N) is 2. The first-order valence-corrected chi connectivity index (χ1v) is 13.8. The topological polar surface area (TPSA) is 138 Å². The van der Waals surface area contributed by atoms with Gasteiger partial charge in [-0.3, -0.25) is 4.79 Å². The lowest BCUT2D eigenvalue weighted by Gasteiger charge is -2.18. The van der Waals surface area contributed by atoms with Crippen molar-refractivity contribution in [2.45, 2.75) is 37.5 Å². The highest BCUT2D eigenvalue weighted by Crippen LogP contribution is 2.19. The van der Waals surface area contributed by atoms with Gasteiger partial charge in [-0.25, -0.2) is 31.5 Å². The van der Waals surface area contributed by atoms with E-state index in [0.717, 1.165) is 0 Å². The molecule has 0 aliphatic rings. The molecule has 3 rings (SSSR count).